The van der Waals surface area contributed by atoms with Crippen LogP contribution in [-0.4, -0.2) is 5.91 Å². The van der Waals surface area contributed by atoms with Crippen LogP contribution in [0.15, 0.2) is 54.6 Å². The molecule has 2 aromatic rings. The van der Waals surface area contributed by atoms with E-state index in [1.54, 1.807) is 12.1 Å². The Balaban J connectivity index is 2.35. The van der Waals surface area contributed by atoms with Crippen molar-refractivity contribution in [2.45, 2.75) is 11.2 Å². The number of nitrogens with two attached hydrogens (primary N) is 1. The molecular formula is C15H14ClNOS. The van der Waals surface area contributed by atoms with Crippen molar-refractivity contribution < 1.29 is 4.79 Å². The van der Waals surface area contributed by atoms with Crippen LogP contribution in [-0.2, 0) is 4.79 Å². The summed E-state index contributed by atoms with van der Waals surface area (Å²) in [5, 5.41) is 0.358. The van der Waals surface area contributed by atoms with Gasteiger partial charge in [-0.15, -0.1) is 0 Å². The third-order valence-corrected chi connectivity index (χ3v) is 3.84. The molecular weight excluding hydrogens is 278 g/mol. The lowest BCUT2D eigenvalue weighted by molar-refractivity contribution is -0.119. The highest BCUT2D eigenvalue weighted by Crippen LogP contribution is 2.36. The van der Waals surface area contributed by atoms with Gasteiger partial charge in [0.2, 0.25) is 5.91 Å². The van der Waals surface area contributed by atoms with Gasteiger partial charge in [-0.05, 0) is 23.3 Å². The Hall–Kier alpha value is -1.45. The van der Waals surface area contributed by atoms with Gasteiger partial charge >= 0.3 is 0 Å². The lowest BCUT2D eigenvalue weighted by atomic mass is 9.91. The number of hydrogen-bond acceptors (Lipinski definition) is 2. The minimum Gasteiger partial charge on any atom is -0.369 e. The van der Waals surface area contributed by atoms with Crippen molar-refractivity contribution in [1.82, 2.24) is 0 Å². The molecule has 2 unspecified atom stereocenters. The van der Waals surface area contributed by atoms with Gasteiger partial charge < -0.3 is 5.73 Å². The lowest BCUT2D eigenvalue weighted by Crippen LogP contribution is -2.25. The first-order chi connectivity index (χ1) is 9.09. The Morgan fingerprint density at radius 1 is 1.00 bits per heavy atom. The number of primary amides is 1. The Morgan fingerprint density at radius 3 is 2.11 bits per heavy atom. The molecule has 0 radical (unpaired) electrons. The van der Waals surface area contributed by atoms with Crippen molar-refractivity contribution >= 4 is 30.1 Å². The topological polar surface area (TPSA) is 43.1 Å². The largest absolute Gasteiger partial charge is 0.369 e. The minimum atomic E-state index is -0.467. The summed E-state index contributed by atoms with van der Waals surface area (Å²) in [6, 6.07) is 16.7. The van der Waals surface area contributed by atoms with Crippen LogP contribution in [0.3, 0.4) is 0 Å². The molecule has 0 aliphatic heterocycles. The van der Waals surface area contributed by atoms with Gasteiger partial charge in [0, 0.05) is 10.3 Å². The molecule has 0 fully saturated rings. The van der Waals surface area contributed by atoms with Gasteiger partial charge in [0.25, 0.3) is 0 Å². The molecule has 2 aromatic carbocycles. The van der Waals surface area contributed by atoms with E-state index < -0.39 is 5.92 Å². The third kappa shape index (κ3) is 3.31. The average molecular weight is 292 g/mol. The number of carbonyl (C=O) groups is 1. The molecule has 0 aliphatic rings. The fourth-order valence-electron chi connectivity index (χ4n) is 2.01. The van der Waals surface area contributed by atoms with Crippen LogP contribution in [0.5, 0.6) is 0 Å². The summed E-state index contributed by atoms with van der Waals surface area (Å²) < 4.78 is 0. The number of halogens is 1. The fraction of sp³-hybridized carbons (Fsp3) is 0.133. The van der Waals surface area contributed by atoms with Crippen LogP contribution in [0.1, 0.15) is 22.3 Å². The van der Waals surface area contributed by atoms with E-state index in [-0.39, 0.29) is 11.2 Å². The monoisotopic (exact) mass is 291 g/mol. The molecule has 0 aromatic heterocycles. The van der Waals surface area contributed by atoms with Gasteiger partial charge in [-0.25, -0.2) is 0 Å². The first-order valence-electron chi connectivity index (χ1n) is 5.87. The van der Waals surface area contributed by atoms with Crippen molar-refractivity contribution in [1.29, 1.82) is 0 Å². The van der Waals surface area contributed by atoms with E-state index in [2.05, 4.69) is 12.6 Å². The van der Waals surface area contributed by atoms with Gasteiger partial charge in [0.1, 0.15) is 0 Å². The van der Waals surface area contributed by atoms with Crippen molar-refractivity contribution in [2.24, 2.45) is 5.73 Å². The minimum absolute atomic E-state index is 0.294. The molecule has 19 heavy (non-hydrogen) atoms. The van der Waals surface area contributed by atoms with E-state index in [0.29, 0.717) is 5.02 Å². The zero-order valence-corrected chi connectivity index (χ0v) is 11.8. The SMILES string of the molecule is NC(=O)C(c1ccccc1)C(S)c1ccc(Cl)cc1. The predicted molar refractivity (Wildman–Crippen MR) is 81.6 cm³/mol. The van der Waals surface area contributed by atoms with Crippen molar-refractivity contribution in [3.8, 4) is 0 Å². The molecule has 0 bridgehead atoms. The Bertz CT molecular complexity index is 556. The van der Waals surface area contributed by atoms with Crippen LogP contribution < -0.4 is 5.73 Å². The molecule has 2 nitrogen and oxygen atoms in total. The average Bonchev–Trinajstić information content (AvgIpc) is 2.40. The number of thiol groups is 1. The molecule has 0 aliphatic carbocycles. The van der Waals surface area contributed by atoms with Gasteiger partial charge in [0.15, 0.2) is 0 Å². The quantitative estimate of drug-likeness (QED) is 0.831. The summed E-state index contributed by atoms with van der Waals surface area (Å²) >= 11 is 10.4. The normalized spacial score (nSPS) is 13.8. The summed E-state index contributed by atoms with van der Waals surface area (Å²) in [7, 11) is 0. The number of amides is 1. The van der Waals surface area contributed by atoms with Crippen molar-refractivity contribution in [3.63, 3.8) is 0 Å². The second kappa shape index (κ2) is 6.13. The Labute approximate surface area is 123 Å². The maximum Gasteiger partial charge on any atom is 0.226 e. The third-order valence-electron chi connectivity index (χ3n) is 2.99. The molecule has 0 saturated heterocycles. The Kier molecular flexibility index (Phi) is 4.51. The van der Waals surface area contributed by atoms with Crippen LogP contribution in [0.2, 0.25) is 5.02 Å². The highest BCUT2D eigenvalue weighted by molar-refractivity contribution is 7.80. The summed E-state index contributed by atoms with van der Waals surface area (Å²) in [6.45, 7) is 0. The van der Waals surface area contributed by atoms with Crippen LogP contribution in [0.25, 0.3) is 0 Å². The van der Waals surface area contributed by atoms with Crippen LogP contribution in [0, 0.1) is 0 Å². The molecule has 2 N–H and O–H groups in total. The summed E-state index contributed by atoms with van der Waals surface area (Å²) in [6.07, 6.45) is 0. The van der Waals surface area contributed by atoms with Crippen molar-refractivity contribution in [3.05, 3.63) is 70.7 Å². The molecule has 98 valence electrons. The molecule has 0 saturated carbocycles. The fourth-order valence-corrected chi connectivity index (χ4v) is 2.63. The smallest absolute Gasteiger partial charge is 0.226 e. The van der Waals surface area contributed by atoms with Gasteiger partial charge in [-0.3, -0.25) is 4.79 Å². The molecule has 2 rings (SSSR count). The highest BCUT2D eigenvalue weighted by Gasteiger charge is 2.26. The van der Waals surface area contributed by atoms with E-state index in [1.165, 1.54) is 0 Å². The van der Waals surface area contributed by atoms with Gasteiger partial charge in [-0.2, -0.15) is 12.6 Å². The standard InChI is InChI=1S/C15H14ClNOS/c16-12-8-6-11(7-9-12)14(19)13(15(17)18)10-4-2-1-3-5-10/h1-9,13-14,19H,(H2,17,18). The van der Waals surface area contributed by atoms with E-state index >= 15 is 0 Å². The lowest BCUT2D eigenvalue weighted by Gasteiger charge is -2.21. The molecule has 4 heteroatoms. The van der Waals surface area contributed by atoms with E-state index in [4.69, 9.17) is 17.3 Å². The summed E-state index contributed by atoms with van der Waals surface area (Å²) in [4.78, 5) is 11.7. The van der Waals surface area contributed by atoms with E-state index in [1.807, 2.05) is 42.5 Å². The van der Waals surface area contributed by atoms with Crippen LogP contribution in [0.4, 0.5) is 0 Å². The first kappa shape index (κ1) is 14.0. The first-order valence-corrected chi connectivity index (χ1v) is 6.77. The number of rotatable bonds is 4. The van der Waals surface area contributed by atoms with Gasteiger partial charge in [0.05, 0.1) is 5.92 Å². The zero-order valence-electron chi connectivity index (χ0n) is 10.2. The van der Waals surface area contributed by atoms with Gasteiger partial charge in [-0.1, -0.05) is 54.1 Å². The van der Waals surface area contributed by atoms with Crippen molar-refractivity contribution in [2.75, 3.05) is 0 Å². The molecule has 1 amide bonds. The second-order valence-electron chi connectivity index (χ2n) is 4.29. The van der Waals surface area contributed by atoms with E-state index in [9.17, 15) is 4.79 Å². The number of hydrogen-bond donors (Lipinski definition) is 2. The number of benzene rings is 2. The van der Waals surface area contributed by atoms with Crippen LogP contribution >= 0.6 is 24.2 Å². The Morgan fingerprint density at radius 2 is 1.58 bits per heavy atom. The predicted octanol–water partition coefficient (Wildman–Crippen LogP) is 3.58. The number of carbonyl (C=O) groups excluding carboxylic acids is 1. The molecule has 2 atom stereocenters. The summed E-state index contributed by atoms with van der Waals surface area (Å²) in [5.74, 6) is -0.855. The molecule has 0 heterocycles. The molecule has 0 spiro atoms. The zero-order chi connectivity index (χ0) is 13.8. The second-order valence-corrected chi connectivity index (χ2v) is 5.28. The highest BCUT2D eigenvalue weighted by atomic mass is 35.5. The maximum absolute atomic E-state index is 11.7. The van der Waals surface area contributed by atoms with E-state index in [0.717, 1.165) is 11.1 Å². The summed E-state index contributed by atoms with van der Waals surface area (Å²) in [5.41, 5.74) is 7.31. The maximum atomic E-state index is 11.7.